The van der Waals surface area contributed by atoms with E-state index in [2.05, 4.69) is 15.5 Å². The number of nitrogens with two attached hydrogens (primary N) is 2. The third kappa shape index (κ3) is 3.67. The van der Waals surface area contributed by atoms with Crippen LogP contribution >= 0.6 is 0 Å². The highest BCUT2D eigenvalue weighted by Gasteiger charge is 2.25. The third-order valence-corrected chi connectivity index (χ3v) is 2.76. The molecule has 1 aromatic heterocycles. The highest BCUT2D eigenvalue weighted by molar-refractivity contribution is 5.98. The van der Waals surface area contributed by atoms with E-state index in [1.54, 1.807) is 13.8 Å². The lowest BCUT2D eigenvalue weighted by Crippen LogP contribution is -2.42. The van der Waals surface area contributed by atoms with E-state index in [9.17, 15) is 9.59 Å². The van der Waals surface area contributed by atoms with Crippen molar-refractivity contribution in [1.82, 2.24) is 10.3 Å². The van der Waals surface area contributed by atoms with Crippen molar-refractivity contribution in [2.24, 2.45) is 22.0 Å². The van der Waals surface area contributed by atoms with E-state index in [4.69, 9.17) is 16.7 Å². The van der Waals surface area contributed by atoms with Gasteiger partial charge in [-0.15, -0.1) is 0 Å². The number of carbonyl (C=O) groups excluding carboxylic acids is 2. The SMILES string of the molecule is CC(C)(CNC(=O)c1ccc(/C(N)=N/O)cn1)C(N)=O. The van der Waals surface area contributed by atoms with Crippen LogP contribution in [-0.2, 0) is 4.79 Å². The summed E-state index contributed by atoms with van der Waals surface area (Å²) < 4.78 is 0. The van der Waals surface area contributed by atoms with Crippen molar-refractivity contribution in [3.8, 4) is 0 Å². The fourth-order valence-electron chi connectivity index (χ4n) is 1.22. The van der Waals surface area contributed by atoms with Crippen LogP contribution in [0, 0.1) is 5.41 Å². The Labute approximate surface area is 115 Å². The van der Waals surface area contributed by atoms with Crippen LogP contribution in [0.3, 0.4) is 0 Å². The predicted molar refractivity (Wildman–Crippen MR) is 72.1 cm³/mol. The number of pyridine rings is 1. The summed E-state index contributed by atoms with van der Waals surface area (Å²) in [5.41, 5.74) is 10.3. The van der Waals surface area contributed by atoms with Crippen LogP contribution in [0.25, 0.3) is 0 Å². The molecule has 1 aromatic rings. The van der Waals surface area contributed by atoms with Crippen LogP contribution in [0.2, 0.25) is 0 Å². The Hall–Kier alpha value is -2.64. The predicted octanol–water partition coefficient (Wildman–Crippen LogP) is -0.583. The standard InChI is InChI=1S/C12H17N5O3/c1-12(2,11(14)19)6-16-10(18)8-4-3-7(5-15-8)9(13)17-20/h3-5,20H,6H2,1-2H3,(H2,13,17)(H2,14,19)(H,16,18). The fraction of sp³-hybridized carbons (Fsp3) is 0.333. The first-order chi connectivity index (χ1) is 9.27. The molecular formula is C12H17N5O3. The van der Waals surface area contributed by atoms with E-state index >= 15 is 0 Å². The molecule has 6 N–H and O–H groups in total. The van der Waals surface area contributed by atoms with E-state index in [1.807, 2.05) is 0 Å². The van der Waals surface area contributed by atoms with Gasteiger partial charge in [-0.1, -0.05) is 5.16 Å². The molecule has 1 heterocycles. The molecule has 0 atom stereocenters. The van der Waals surface area contributed by atoms with Crippen molar-refractivity contribution in [2.45, 2.75) is 13.8 Å². The second-order valence-electron chi connectivity index (χ2n) is 4.85. The van der Waals surface area contributed by atoms with E-state index in [1.165, 1.54) is 18.3 Å². The number of amides is 2. The van der Waals surface area contributed by atoms with Gasteiger partial charge < -0.3 is 22.0 Å². The molecule has 0 aliphatic heterocycles. The molecule has 0 aliphatic rings. The average molecular weight is 279 g/mol. The van der Waals surface area contributed by atoms with Crippen LogP contribution < -0.4 is 16.8 Å². The van der Waals surface area contributed by atoms with Crippen molar-refractivity contribution in [3.63, 3.8) is 0 Å². The van der Waals surface area contributed by atoms with Gasteiger partial charge in [0.2, 0.25) is 5.91 Å². The minimum absolute atomic E-state index is 0.0979. The molecule has 0 saturated carbocycles. The van der Waals surface area contributed by atoms with Gasteiger partial charge in [-0.3, -0.25) is 14.6 Å². The molecule has 8 heteroatoms. The molecule has 108 valence electrons. The average Bonchev–Trinajstić information content (AvgIpc) is 2.44. The molecule has 20 heavy (non-hydrogen) atoms. The van der Waals surface area contributed by atoms with Crippen LogP contribution in [0.15, 0.2) is 23.5 Å². The van der Waals surface area contributed by atoms with Crippen LogP contribution in [0.1, 0.15) is 29.9 Å². The number of oxime groups is 1. The van der Waals surface area contributed by atoms with Crippen molar-refractivity contribution < 1.29 is 14.8 Å². The Bertz CT molecular complexity index is 537. The number of nitrogens with one attached hydrogen (secondary N) is 1. The van der Waals surface area contributed by atoms with Crippen molar-refractivity contribution in [3.05, 3.63) is 29.6 Å². The minimum atomic E-state index is -0.844. The summed E-state index contributed by atoms with van der Waals surface area (Å²) in [5.74, 6) is -1.04. The molecule has 2 amide bonds. The maximum absolute atomic E-state index is 11.8. The van der Waals surface area contributed by atoms with E-state index in [0.717, 1.165) is 0 Å². The highest BCUT2D eigenvalue weighted by atomic mass is 16.4. The first-order valence-corrected chi connectivity index (χ1v) is 5.80. The lowest BCUT2D eigenvalue weighted by molar-refractivity contribution is -0.125. The van der Waals surface area contributed by atoms with Gasteiger partial charge in [-0.2, -0.15) is 0 Å². The number of primary amides is 1. The first kappa shape index (κ1) is 15.4. The number of rotatable bonds is 5. The normalized spacial score (nSPS) is 12.0. The number of nitrogens with zero attached hydrogens (tertiary/aromatic N) is 2. The lowest BCUT2D eigenvalue weighted by atomic mass is 9.93. The third-order valence-electron chi connectivity index (χ3n) is 2.76. The topological polar surface area (TPSA) is 144 Å². The molecule has 0 bridgehead atoms. The van der Waals surface area contributed by atoms with Crippen LogP contribution in [0.4, 0.5) is 0 Å². The van der Waals surface area contributed by atoms with Gasteiger partial charge in [0.15, 0.2) is 5.84 Å². The Kier molecular flexibility index (Phi) is 4.63. The monoisotopic (exact) mass is 279 g/mol. The summed E-state index contributed by atoms with van der Waals surface area (Å²) in [6, 6.07) is 2.93. The molecule has 0 saturated heterocycles. The maximum atomic E-state index is 11.8. The van der Waals surface area contributed by atoms with Gasteiger partial charge in [0.05, 0.1) is 5.41 Å². The number of amidine groups is 1. The Morgan fingerprint density at radius 3 is 2.50 bits per heavy atom. The summed E-state index contributed by atoms with van der Waals surface area (Å²) in [6.07, 6.45) is 1.31. The second kappa shape index (κ2) is 6.00. The number of hydrogen-bond donors (Lipinski definition) is 4. The van der Waals surface area contributed by atoms with Crippen molar-refractivity contribution in [1.29, 1.82) is 0 Å². The Balaban J connectivity index is 2.72. The molecule has 0 aromatic carbocycles. The molecule has 8 nitrogen and oxygen atoms in total. The number of carbonyl (C=O) groups is 2. The molecular weight excluding hydrogens is 262 g/mol. The Morgan fingerprint density at radius 1 is 1.40 bits per heavy atom. The summed E-state index contributed by atoms with van der Waals surface area (Å²) in [7, 11) is 0. The van der Waals surface area contributed by atoms with Gasteiger partial charge in [0, 0.05) is 18.3 Å². The van der Waals surface area contributed by atoms with Gasteiger partial charge in [-0.25, -0.2) is 0 Å². The summed E-state index contributed by atoms with van der Waals surface area (Å²) >= 11 is 0. The summed E-state index contributed by atoms with van der Waals surface area (Å²) in [4.78, 5) is 26.8. The van der Waals surface area contributed by atoms with Gasteiger partial charge in [0.25, 0.3) is 5.91 Å². The summed E-state index contributed by atoms with van der Waals surface area (Å²) in [5, 5.41) is 13.9. The van der Waals surface area contributed by atoms with Crippen LogP contribution in [-0.4, -0.2) is 34.4 Å². The molecule has 0 fully saturated rings. The highest BCUT2D eigenvalue weighted by Crippen LogP contribution is 2.12. The lowest BCUT2D eigenvalue weighted by Gasteiger charge is -2.20. The van der Waals surface area contributed by atoms with Gasteiger partial charge >= 0.3 is 0 Å². The van der Waals surface area contributed by atoms with Gasteiger partial charge in [-0.05, 0) is 26.0 Å². The van der Waals surface area contributed by atoms with Gasteiger partial charge in [0.1, 0.15) is 5.69 Å². The van der Waals surface area contributed by atoms with E-state index in [-0.39, 0.29) is 18.1 Å². The zero-order chi connectivity index (χ0) is 15.3. The largest absolute Gasteiger partial charge is 0.409 e. The van der Waals surface area contributed by atoms with E-state index in [0.29, 0.717) is 5.56 Å². The number of hydrogen-bond acceptors (Lipinski definition) is 5. The Morgan fingerprint density at radius 2 is 2.05 bits per heavy atom. The fourth-order valence-corrected chi connectivity index (χ4v) is 1.22. The number of aromatic nitrogens is 1. The molecule has 0 aliphatic carbocycles. The van der Waals surface area contributed by atoms with Crippen molar-refractivity contribution in [2.75, 3.05) is 6.54 Å². The first-order valence-electron chi connectivity index (χ1n) is 5.80. The van der Waals surface area contributed by atoms with Crippen LogP contribution in [0.5, 0.6) is 0 Å². The zero-order valence-electron chi connectivity index (χ0n) is 11.3. The summed E-state index contributed by atoms with van der Waals surface area (Å²) in [6.45, 7) is 3.36. The zero-order valence-corrected chi connectivity index (χ0v) is 11.3. The van der Waals surface area contributed by atoms with Crippen molar-refractivity contribution >= 4 is 17.6 Å². The van der Waals surface area contributed by atoms with E-state index < -0.39 is 17.2 Å². The molecule has 0 spiro atoms. The second-order valence-corrected chi connectivity index (χ2v) is 4.85. The maximum Gasteiger partial charge on any atom is 0.269 e. The molecule has 0 radical (unpaired) electrons. The molecule has 0 unspecified atom stereocenters. The smallest absolute Gasteiger partial charge is 0.269 e. The minimum Gasteiger partial charge on any atom is -0.409 e. The quantitative estimate of drug-likeness (QED) is 0.246. The molecule has 1 rings (SSSR count).